The monoisotopic (exact) mass is 264 g/mol. The zero-order chi connectivity index (χ0) is 13.5. The van der Waals surface area contributed by atoms with Gasteiger partial charge in [-0.2, -0.15) is 13.2 Å². The molecule has 1 fully saturated rings. The van der Waals surface area contributed by atoms with Crippen molar-refractivity contribution in [2.75, 3.05) is 0 Å². The second kappa shape index (κ2) is 4.38. The number of hydrogen-bond donors (Lipinski definition) is 0. The van der Waals surface area contributed by atoms with Crippen LogP contribution in [0.3, 0.4) is 0 Å². The van der Waals surface area contributed by atoms with Gasteiger partial charge in [0.1, 0.15) is 12.2 Å². The van der Waals surface area contributed by atoms with Gasteiger partial charge in [-0.25, -0.2) is 0 Å². The molecule has 1 heterocycles. The van der Waals surface area contributed by atoms with Gasteiger partial charge in [0.05, 0.1) is 5.56 Å². The van der Waals surface area contributed by atoms with E-state index in [2.05, 4.69) is 0 Å². The summed E-state index contributed by atoms with van der Waals surface area (Å²) in [6.07, 6.45) is -4.47. The highest BCUT2D eigenvalue weighted by atomic mass is 19.4. The minimum absolute atomic E-state index is 0.0436. The topological polar surface area (TPSA) is 12.5 Å². The average Bonchev–Trinajstić information content (AvgIpc) is 3.19. The van der Waals surface area contributed by atoms with Crippen LogP contribution in [-0.4, -0.2) is 0 Å². The van der Waals surface area contributed by atoms with Crippen LogP contribution in [0.2, 0.25) is 0 Å². The smallest absolute Gasteiger partial charge is 0.359 e. The molecular weight excluding hydrogens is 253 g/mol. The molecule has 0 saturated carbocycles. The minimum Gasteiger partial charge on any atom is -0.359 e. The lowest BCUT2D eigenvalue weighted by Gasteiger charge is -2.06. The number of ether oxygens (including phenoxy) is 1. The number of epoxide rings is 1. The minimum atomic E-state index is -4.29. The highest BCUT2D eigenvalue weighted by Crippen LogP contribution is 2.50. The first-order chi connectivity index (χ1) is 9.05. The van der Waals surface area contributed by atoms with Gasteiger partial charge >= 0.3 is 6.18 Å². The first-order valence-electron chi connectivity index (χ1n) is 5.93. The molecule has 3 rings (SSSR count). The zero-order valence-corrected chi connectivity index (χ0v) is 9.89. The molecule has 0 radical (unpaired) electrons. The maximum absolute atomic E-state index is 12.4. The van der Waals surface area contributed by atoms with Crippen LogP contribution in [0.15, 0.2) is 54.6 Å². The van der Waals surface area contributed by atoms with Gasteiger partial charge in [0.15, 0.2) is 0 Å². The lowest BCUT2D eigenvalue weighted by atomic mass is 10.0. The lowest BCUT2D eigenvalue weighted by Crippen LogP contribution is -2.04. The molecule has 1 saturated heterocycles. The molecule has 1 nitrogen and oxygen atoms in total. The average molecular weight is 264 g/mol. The molecule has 0 unspecified atom stereocenters. The van der Waals surface area contributed by atoms with Crippen LogP contribution in [0.4, 0.5) is 13.2 Å². The highest BCUT2D eigenvalue weighted by molar-refractivity contribution is 5.32. The first-order valence-corrected chi connectivity index (χ1v) is 5.93. The van der Waals surface area contributed by atoms with E-state index in [-0.39, 0.29) is 12.2 Å². The molecule has 1 aliphatic rings. The predicted octanol–water partition coefficient (Wildman–Crippen LogP) is 4.52. The maximum Gasteiger partial charge on any atom is 0.416 e. The Hall–Kier alpha value is -1.81. The van der Waals surface area contributed by atoms with E-state index >= 15 is 0 Å². The summed E-state index contributed by atoms with van der Waals surface area (Å²) in [4.78, 5) is 0. The molecule has 0 amide bonds. The van der Waals surface area contributed by atoms with Crippen LogP contribution in [-0.2, 0) is 10.9 Å². The van der Waals surface area contributed by atoms with Crippen LogP contribution in [0.1, 0.15) is 28.9 Å². The van der Waals surface area contributed by atoms with E-state index in [1.54, 1.807) is 0 Å². The fourth-order valence-electron chi connectivity index (χ4n) is 2.12. The summed E-state index contributed by atoms with van der Waals surface area (Å²) in [6.45, 7) is 0. The standard InChI is InChI=1S/C15H11F3O/c16-15(17,18)12-8-6-11(7-9-12)14-13(19-14)10-4-2-1-3-5-10/h1-9,13-14H/t13-,14+/m0/s1. The summed E-state index contributed by atoms with van der Waals surface area (Å²) >= 11 is 0. The number of alkyl halides is 3. The largest absolute Gasteiger partial charge is 0.416 e. The van der Waals surface area contributed by atoms with Crippen molar-refractivity contribution in [1.82, 2.24) is 0 Å². The Morgan fingerprint density at radius 3 is 1.79 bits per heavy atom. The van der Waals surface area contributed by atoms with Crippen molar-refractivity contribution in [3.63, 3.8) is 0 Å². The summed E-state index contributed by atoms with van der Waals surface area (Å²) in [5, 5.41) is 0. The molecule has 0 N–H and O–H groups in total. The molecule has 4 heteroatoms. The predicted molar refractivity (Wildman–Crippen MR) is 64.5 cm³/mol. The summed E-state index contributed by atoms with van der Waals surface area (Å²) < 4.78 is 42.9. The van der Waals surface area contributed by atoms with Crippen LogP contribution < -0.4 is 0 Å². The molecule has 0 aliphatic carbocycles. The quantitative estimate of drug-likeness (QED) is 0.726. The first kappa shape index (κ1) is 12.2. The zero-order valence-electron chi connectivity index (χ0n) is 9.89. The fourth-order valence-corrected chi connectivity index (χ4v) is 2.12. The normalized spacial score (nSPS) is 22.3. The van der Waals surface area contributed by atoms with E-state index in [9.17, 15) is 13.2 Å². The van der Waals surface area contributed by atoms with E-state index in [1.165, 1.54) is 12.1 Å². The molecule has 1 aliphatic heterocycles. The van der Waals surface area contributed by atoms with Crippen molar-refractivity contribution in [2.45, 2.75) is 18.4 Å². The van der Waals surface area contributed by atoms with Gasteiger partial charge in [-0.1, -0.05) is 42.5 Å². The molecule has 98 valence electrons. The Balaban J connectivity index is 1.76. The summed E-state index contributed by atoms with van der Waals surface area (Å²) in [6, 6.07) is 14.8. The second-order valence-electron chi connectivity index (χ2n) is 4.51. The lowest BCUT2D eigenvalue weighted by molar-refractivity contribution is -0.137. The van der Waals surface area contributed by atoms with Crippen molar-refractivity contribution in [2.24, 2.45) is 0 Å². The van der Waals surface area contributed by atoms with Crippen molar-refractivity contribution >= 4 is 0 Å². The summed E-state index contributed by atoms with van der Waals surface area (Å²) in [5.74, 6) is 0. The van der Waals surface area contributed by atoms with Crippen LogP contribution in [0.25, 0.3) is 0 Å². The van der Waals surface area contributed by atoms with E-state index < -0.39 is 11.7 Å². The van der Waals surface area contributed by atoms with Crippen molar-refractivity contribution in [1.29, 1.82) is 0 Å². The third-order valence-corrected chi connectivity index (χ3v) is 3.19. The number of halogens is 3. The summed E-state index contributed by atoms with van der Waals surface area (Å²) in [5.41, 5.74) is 1.20. The van der Waals surface area contributed by atoms with Crippen LogP contribution in [0.5, 0.6) is 0 Å². The van der Waals surface area contributed by atoms with Crippen molar-refractivity contribution < 1.29 is 17.9 Å². The van der Waals surface area contributed by atoms with Gasteiger partial charge in [-0.05, 0) is 23.3 Å². The molecular formula is C15H11F3O. The van der Waals surface area contributed by atoms with Gasteiger partial charge in [-0.15, -0.1) is 0 Å². The Labute approximate surface area is 108 Å². The number of rotatable bonds is 2. The van der Waals surface area contributed by atoms with Crippen molar-refractivity contribution in [3.8, 4) is 0 Å². The molecule has 0 bridgehead atoms. The Bertz CT molecular complexity index is 560. The molecule has 2 aromatic carbocycles. The highest BCUT2D eigenvalue weighted by Gasteiger charge is 2.41. The van der Waals surface area contributed by atoms with E-state index in [1.807, 2.05) is 30.3 Å². The summed E-state index contributed by atoms with van der Waals surface area (Å²) in [7, 11) is 0. The molecule has 2 aromatic rings. The van der Waals surface area contributed by atoms with Gasteiger partial charge < -0.3 is 4.74 Å². The van der Waals surface area contributed by atoms with Gasteiger partial charge in [0, 0.05) is 0 Å². The van der Waals surface area contributed by atoms with Crippen LogP contribution in [0, 0.1) is 0 Å². The molecule has 19 heavy (non-hydrogen) atoms. The van der Waals surface area contributed by atoms with E-state index in [0.717, 1.165) is 23.3 Å². The molecule has 0 aromatic heterocycles. The number of benzene rings is 2. The van der Waals surface area contributed by atoms with E-state index in [0.29, 0.717) is 0 Å². The van der Waals surface area contributed by atoms with Crippen molar-refractivity contribution in [3.05, 3.63) is 71.3 Å². The van der Waals surface area contributed by atoms with Gasteiger partial charge in [-0.3, -0.25) is 0 Å². The number of hydrogen-bond acceptors (Lipinski definition) is 1. The second-order valence-corrected chi connectivity index (χ2v) is 4.51. The van der Waals surface area contributed by atoms with Crippen LogP contribution >= 0.6 is 0 Å². The molecule has 2 atom stereocenters. The molecule has 0 spiro atoms. The maximum atomic E-state index is 12.4. The SMILES string of the molecule is FC(F)(F)c1ccc([C@H]2O[C@H]2c2ccccc2)cc1. The Kier molecular flexibility index (Phi) is 2.82. The third-order valence-electron chi connectivity index (χ3n) is 3.19. The fraction of sp³-hybridized carbons (Fsp3) is 0.200. The Morgan fingerprint density at radius 2 is 1.26 bits per heavy atom. The Morgan fingerprint density at radius 1 is 0.737 bits per heavy atom. The van der Waals surface area contributed by atoms with Gasteiger partial charge in [0.25, 0.3) is 0 Å². The van der Waals surface area contributed by atoms with Gasteiger partial charge in [0.2, 0.25) is 0 Å². The van der Waals surface area contributed by atoms with E-state index in [4.69, 9.17) is 4.74 Å². The third kappa shape index (κ3) is 2.49.